The van der Waals surface area contributed by atoms with Crippen molar-refractivity contribution in [2.45, 2.75) is 20.8 Å². The van der Waals surface area contributed by atoms with Crippen molar-refractivity contribution in [1.82, 2.24) is 0 Å². The van der Waals surface area contributed by atoms with Gasteiger partial charge in [0.05, 0.1) is 6.61 Å². The van der Waals surface area contributed by atoms with Gasteiger partial charge in [-0.3, -0.25) is 0 Å². The second-order valence-corrected chi connectivity index (χ2v) is 4.96. The third kappa shape index (κ3) is 3.38. The normalized spacial score (nSPS) is 10.8. The molecule has 1 heterocycles. The third-order valence-electron chi connectivity index (χ3n) is 2.66. The quantitative estimate of drug-likeness (QED) is 0.489. The molecule has 0 spiro atoms. The SMILES string of the molecule is Cc1cc(=O)oc2cc(OC(=O)OCC(C)C)ccc12. The van der Waals surface area contributed by atoms with Gasteiger partial charge in [-0.2, -0.15) is 0 Å². The molecule has 0 saturated heterocycles. The summed E-state index contributed by atoms with van der Waals surface area (Å²) >= 11 is 0. The Morgan fingerprint density at radius 1 is 1.30 bits per heavy atom. The maximum atomic E-state index is 11.5. The summed E-state index contributed by atoms with van der Waals surface area (Å²) in [4.78, 5) is 22.8. The predicted octanol–water partition coefficient (Wildman–Crippen LogP) is 3.27. The van der Waals surface area contributed by atoms with Gasteiger partial charge in [0.15, 0.2) is 0 Å². The number of rotatable bonds is 3. The van der Waals surface area contributed by atoms with Crippen molar-refractivity contribution in [3.8, 4) is 5.75 Å². The minimum Gasteiger partial charge on any atom is -0.434 e. The van der Waals surface area contributed by atoms with E-state index in [4.69, 9.17) is 13.9 Å². The lowest BCUT2D eigenvalue weighted by Crippen LogP contribution is -2.14. The molecule has 0 bridgehead atoms. The van der Waals surface area contributed by atoms with Crippen LogP contribution in [0.2, 0.25) is 0 Å². The number of fused-ring (bicyclic) bond motifs is 1. The molecule has 0 atom stereocenters. The first kappa shape index (κ1) is 14.1. The van der Waals surface area contributed by atoms with E-state index in [1.54, 1.807) is 12.1 Å². The van der Waals surface area contributed by atoms with Crippen LogP contribution in [0.5, 0.6) is 5.75 Å². The molecule has 106 valence electrons. The Hall–Kier alpha value is -2.30. The first-order valence-electron chi connectivity index (χ1n) is 6.35. The van der Waals surface area contributed by atoms with Gasteiger partial charge in [0, 0.05) is 17.5 Å². The molecule has 0 aliphatic rings. The van der Waals surface area contributed by atoms with Crippen molar-refractivity contribution in [2.24, 2.45) is 5.92 Å². The zero-order valence-electron chi connectivity index (χ0n) is 11.6. The van der Waals surface area contributed by atoms with Crippen LogP contribution in [0, 0.1) is 12.8 Å². The minimum atomic E-state index is -0.770. The second kappa shape index (κ2) is 5.77. The molecule has 0 N–H and O–H groups in total. The van der Waals surface area contributed by atoms with E-state index < -0.39 is 11.8 Å². The average molecular weight is 276 g/mol. The Morgan fingerprint density at radius 3 is 2.75 bits per heavy atom. The molecule has 0 fully saturated rings. The molecule has 0 aliphatic carbocycles. The number of carbonyl (C=O) groups excluding carboxylic acids is 1. The highest BCUT2D eigenvalue weighted by atomic mass is 16.7. The third-order valence-corrected chi connectivity index (χ3v) is 2.66. The van der Waals surface area contributed by atoms with Crippen molar-refractivity contribution in [3.05, 3.63) is 40.2 Å². The van der Waals surface area contributed by atoms with E-state index in [9.17, 15) is 9.59 Å². The van der Waals surface area contributed by atoms with Crippen LogP contribution in [-0.2, 0) is 4.74 Å². The number of benzene rings is 1. The zero-order chi connectivity index (χ0) is 14.7. The van der Waals surface area contributed by atoms with Crippen LogP contribution >= 0.6 is 0 Å². The summed E-state index contributed by atoms with van der Waals surface area (Å²) in [5.74, 6) is 0.514. The largest absolute Gasteiger partial charge is 0.513 e. The minimum absolute atomic E-state index is 0.236. The Balaban J connectivity index is 2.20. The molecule has 5 nitrogen and oxygen atoms in total. The highest BCUT2D eigenvalue weighted by molar-refractivity contribution is 5.81. The van der Waals surface area contributed by atoms with Crippen LogP contribution in [0.15, 0.2) is 33.5 Å². The molecular formula is C15H16O5. The maximum absolute atomic E-state index is 11.5. The summed E-state index contributed by atoms with van der Waals surface area (Å²) in [5, 5.41) is 0.799. The van der Waals surface area contributed by atoms with E-state index in [1.807, 2.05) is 20.8 Å². The first-order chi connectivity index (χ1) is 9.45. The monoisotopic (exact) mass is 276 g/mol. The Labute approximate surface area is 116 Å². The summed E-state index contributed by atoms with van der Waals surface area (Å²) in [6.07, 6.45) is -0.770. The Bertz CT molecular complexity index is 684. The average Bonchev–Trinajstić information content (AvgIpc) is 2.35. The van der Waals surface area contributed by atoms with E-state index in [-0.39, 0.29) is 11.7 Å². The maximum Gasteiger partial charge on any atom is 0.513 e. The number of carbonyl (C=O) groups is 1. The van der Waals surface area contributed by atoms with Gasteiger partial charge in [-0.1, -0.05) is 13.8 Å². The topological polar surface area (TPSA) is 65.7 Å². The lowest BCUT2D eigenvalue weighted by molar-refractivity contribution is 0.0886. The summed E-state index contributed by atoms with van der Waals surface area (Å²) < 4.78 is 15.0. The fraction of sp³-hybridized carbons (Fsp3) is 0.333. The summed E-state index contributed by atoms with van der Waals surface area (Å²) in [7, 11) is 0. The van der Waals surface area contributed by atoms with Gasteiger partial charge in [0.2, 0.25) is 0 Å². The van der Waals surface area contributed by atoms with Crippen molar-refractivity contribution in [2.75, 3.05) is 6.61 Å². The lowest BCUT2D eigenvalue weighted by Gasteiger charge is -2.08. The Kier molecular flexibility index (Phi) is 4.08. The van der Waals surface area contributed by atoms with Crippen LogP contribution < -0.4 is 10.4 Å². The molecule has 0 radical (unpaired) electrons. The van der Waals surface area contributed by atoms with Gasteiger partial charge >= 0.3 is 11.8 Å². The van der Waals surface area contributed by atoms with Crippen LogP contribution in [0.3, 0.4) is 0 Å². The van der Waals surface area contributed by atoms with Gasteiger partial charge in [-0.25, -0.2) is 9.59 Å². The van der Waals surface area contributed by atoms with Gasteiger partial charge in [0.1, 0.15) is 11.3 Å². The summed E-state index contributed by atoms with van der Waals surface area (Å²) in [5.41, 5.74) is 0.754. The molecule has 0 saturated carbocycles. The fourth-order valence-corrected chi connectivity index (χ4v) is 1.73. The van der Waals surface area contributed by atoms with Crippen LogP contribution in [0.4, 0.5) is 4.79 Å². The van der Waals surface area contributed by atoms with Crippen molar-refractivity contribution in [1.29, 1.82) is 0 Å². The van der Waals surface area contributed by atoms with Gasteiger partial charge in [-0.05, 0) is 30.5 Å². The van der Waals surface area contributed by atoms with E-state index in [0.29, 0.717) is 12.2 Å². The zero-order valence-corrected chi connectivity index (χ0v) is 11.6. The van der Waals surface area contributed by atoms with Crippen molar-refractivity contribution < 1.29 is 18.7 Å². The van der Waals surface area contributed by atoms with E-state index >= 15 is 0 Å². The van der Waals surface area contributed by atoms with E-state index in [1.165, 1.54) is 12.1 Å². The highest BCUT2D eigenvalue weighted by Crippen LogP contribution is 2.22. The summed E-state index contributed by atoms with van der Waals surface area (Å²) in [6, 6.07) is 6.28. The molecule has 0 unspecified atom stereocenters. The number of hydrogen-bond donors (Lipinski definition) is 0. The fourth-order valence-electron chi connectivity index (χ4n) is 1.73. The standard InChI is InChI=1S/C15H16O5/c1-9(2)8-18-15(17)19-11-4-5-12-10(3)6-14(16)20-13(12)7-11/h4-7,9H,8H2,1-3H3. The predicted molar refractivity (Wildman–Crippen MR) is 74.0 cm³/mol. The molecule has 2 aromatic rings. The van der Waals surface area contributed by atoms with Crippen LogP contribution in [-0.4, -0.2) is 12.8 Å². The Morgan fingerprint density at radius 2 is 2.05 bits per heavy atom. The van der Waals surface area contributed by atoms with Gasteiger partial charge < -0.3 is 13.9 Å². The van der Waals surface area contributed by atoms with Crippen LogP contribution in [0.1, 0.15) is 19.4 Å². The van der Waals surface area contributed by atoms with Crippen LogP contribution in [0.25, 0.3) is 11.0 Å². The molecule has 5 heteroatoms. The molecule has 0 amide bonds. The number of aryl methyl sites for hydroxylation is 1. The second-order valence-electron chi connectivity index (χ2n) is 4.96. The molecule has 1 aromatic carbocycles. The molecule has 1 aromatic heterocycles. The van der Waals surface area contributed by atoms with Crippen molar-refractivity contribution in [3.63, 3.8) is 0 Å². The molecule has 2 rings (SSSR count). The summed E-state index contributed by atoms with van der Waals surface area (Å²) in [6.45, 7) is 5.97. The van der Waals surface area contributed by atoms with Crippen molar-refractivity contribution >= 4 is 17.1 Å². The number of hydrogen-bond acceptors (Lipinski definition) is 5. The van der Waals surface area contributed by atoms with Gasteiger partial charge in [0.25, 0.3) is 0 Å². The van der Waals surface area contributed by atoms with E-state index in [0.717, 1.165) is 10.9 Å². The smallest absolute Gasteiger partial charge is 0.434 e. The highest BCUT2D eigenvalue weighted by Gasteiger charge is 2.09. The molecule has 20 heavy (non-hydrogen) atoms. The first-order valence-corrected chi connectivity index (χ1v) is 6.35. The van der Waals surface area contributed by atoms with Gasteiger partial charge in [-0.15, -0.1) is 0 Å². The van der Waals surface area contributed by atoms with E-state index in [2.05, 4.69) is 0 Å². The molecule has 0 aliphatic heterocycles. The number of ether oxygens (including phenoxy) is 2. The lowest BCUT2D eigenvalue weighted by atomic mass is 10.1. The molecular weight excluding hydrogens is 260 g/mol.